The molecular weight excluding hydrogens is 326 g/mol. The molecule has 2 rings (SSSR count). The van der Waals surface area contributed by atoms with Crippen molar-refractivity contribution < 1.29 is 14.3 Å². The van der Waals surface area contributed by atoms with E-state index in [0.717, 1.165) is 31.2 Å². The Balaban J connectivity index is 2.09. The van der Waals surface area contributed by atoms with Crippen molar-refractivity contribution in [1.82, 2.24) is 5.43 Å². The van der Waals surface area contributed by atoms with Gasteiger partial charge in [-0.3, -0.25) is 10.2 Å². The number of hydrazone groups is 1. The van der Waals surface area contributed by atoms with Gasteiger partial charge in [-0.1, -0.05) is 19.3 Å². The van der Waals surface area contributed by atoms with Gasteiger partial charge in [-0.15, -0.1) is 0 Å². The fourth-order valence-corrected chi connectivity index (χ4v) is 2.71. The van der Waals surface area contributed by atoms with Gasteiger partial charge in [0.1, 0.15) is 0 Å². The maximum Gasteiger partial charge on any atom is 0.314 e. The van der Waals surface area contributed by atoms with E-state index < -0.39 is 0 Å². The zero-order chi connectivity index (χ0) is 17.4. The summed E-state index contributed by atoms with van der Waals surface area (Å²) < 4.78 is 11.2. The maximum absolute atomic E-state index is 12.3. The molecule has 0 spiro atoms. The quantitative estimate of drug-likeness (QED) is 0.270. The smallest absolute Gasteiger partial charge is 0.314 e. The number of ether oxygens (including phenoxy) is 2. The van der Waals surface area contributed by atoms with Gasteiger partial charge in [0.2, 0.25) is 0 Å². The molecule has 0 saturated heterocycles. The van der Waals surface area contributed by atoms with Crippen LogP contribution in [-0.4, -0.2) is 23.9 Å². The molecule has 0 bridgehead atoms. The van der Waals surface area contributed by atoms with Gasteiger partial charge in [-0.25, -0.2) is 0 Å². The molecule has 0 heterocycles. The molecule has 1 saturated carbocycles. The van der Waals surface area contributed by atoms with Crippen molar-refractivity contribution in [3.63, 3.8) is 0 Å². The lowest BCUT2D eigenvalue weighted by Crippen LogP contribution is -2.24. The van der Waals surface area contributed by atoms with Crippen LogP contribution in [0.3, 0.4) is 0 Å². The van der Waals surface area contributed by atoms with Crippen LogP contribution in [0, 0.1) is 5.92 Å². The number of esters is 1. The molecule has 3 N–H and O–H groups in total. The zero-order valence-corrected chi connectivity index (χ0v) is 14.6. The summed E-state index contributed by atoms with van der Waals surface area (Å²) in [5.74, 6) is 0.768. The van der Waals surface area contributed by atoms with E-state index in [1.165, 1.54) is 6.42 Å². The Morgan fingerprint density at radius 1 is 1.38 bits per heavy atom. The second-order valence-electron chi connectivity index (χ2n) is 5.63. The second kappa shape index (κ2) is 9.22. The Labute approximate surface area is 147 Å². The van der Waals surface area contributed by atoms with E-state index in [2.05, 4.69) is 22.7 Å². The highest BCUT2D eigenvalue weighted by atomic mass is 32.1. The molecule has 0 unspecified atom stereocenters. The van der Waals surface area contributed by atoms with Crippen molar-refractivity contribution in [1.29, 1.82) is 0 Å². The summed E-state index contributed by atoms with van der Waals surface area (Å²) in [4.78, 5) is 12.3. The Kier molecular flexibility index (Phi) is 6.99. The lowest BCUT2D eigenvalue weighted by Gasteiger charge is -2.20. The number of nitrogens with one attached hydrogen (secondary N) is 1. The van der Waals surface area contributed by atoms with Gasteiger partial charge in [-0.05, 0) is 55.7 Å². The molecule has 1 aliphatic carbocycles. The highest BCUT2D eigenvalue weighted by molar-refractivity contribution is 7.80. The van der Waals surface area contributed by atoms with Crippen LogP contribution in [0.15, 0.2) is 23.3 Å². The fourth-order valence-electron chi connectivity index (χ4n) is 2.66. The molecule has 0 radical (unpaired) electrons. The lowest BCUT2D eigenvalue weighted by atomic mass is 9.89. The Morgan fingerprint density at radius 2 is 2.12 bits per heavy atom. The standard InChI is InChI=1S/C17H23N3O3S/c1-2-22-15-10-12(11-19-20-17(18)24)8-9-14(15)23-16(21)13-6-4-3-5-7-13/h8-11,13H,2-7H2,1H3,(H3,18,20,24). The first-order valence-electron chi connectivity index (χ1n) is 8.17. The number of rotatable bonds is 6. The first-order chi connectivity index (χ1) is 11.6. The third kappa shape index (κ3) is 5.49. The topological polar surface area (TPSA) is 85.9 Å². The Morgan fingerprint density at radius 3 is 2.79 bits per heavy atom. The summed E-state index contributed by atoms with van der Waals surface area (Å²) >= 11 is 4.68. The first kappa shape index (κ1) is 18.2. The van der Waals surface area contributed by atoms with Gasteiger partial charge in [0.25, 0.3) is 0 Å². The third-order valence-corrected chi connectivity index (χ3v) is 3.90. The Bertz CT molecular complexity index is 613. The molecule has 1 fully saturated rings. The normalized spacial score (nSPS) is 15.2. The lowest BCUT2D eigenvalue weighted by molar-refractivity contribution is -0.140. The zero-order valence-electron chi connectivity index (χ0n) is 13.8. The summed E-state index contributed by atoms with van der Waals surface area (Å²) in [6, 6.07) is 5.27. The Hall–Kier alpha value is -2.15. The molecular formula is C17H23N3O3S. The number of benzene rings is 1. The maximum atomic E-state index is 12.3. The van der Waals surface area contributed by atoms with Gasteiger partial charge >= 0.3 is 5.97 Å². The van der Waals surface area contributed by atoms with Crippen molar-refractivity contribution >= 4 is 29.5 Å². The predicted molar refractivity (Wildman–Crippen MR) is 97.3 cm³/mol. The van der Waals surface area contributed by atoms with Crippen molar-refractivity contribution in [2.45, 2.75) is 39.0 Å². The van der Waals surface area contributed by atoms with E-state index in [1.807, 2.05) is 6.92 Å². The number of hydrogen-bond donors (Lipinski definition) is 2. The van der Waals surface area contributed by atoms with E-state index in [4.69, 9.17) is 15.2 Å². The molecule has 0 amide bonds. The molecule has 24 heavy (non-hydrogen) atoms. The highest BCUT2D eigenvalue weighted by Gasteiger charge is 2.24. The van der Waals surface area contributed by atoms with Crippen LogP contribution in [0.1, 0.15) is 44.6 Å². The molecule has 1 aliphatic rings. The number of hydrogen-bond acceptors (Lipinski definition) is 5. The van der Waals surface area contributed by atoms with Crippen LogP contribution in [-0.2, 0) is 4.79 Å². The molecule has 1 aromatic rings. The van der Waals surface area contributed by atoms with Crippen molar-refractivity contribution in [3.8, 4) is 11.5 Å². The number of carbonyl (C=O) groups excluding carboxylic acids is 1. The van der Waals surface area contributed by atoms with E-state index in [1.54, 1.807) is 24.4 Å². The number of nitrogens with zero attached hydrogens (tertiary/aromatic N) is 1. The number of nitrogens with two attached hydrogens (primary N) is 1. The molecule has 0 aliphatic heterocycles. The minimum absolute atomic E-state index is 0.00997. The molecule has 7 heteroatoms. The summed E-state index contributed by atoms with van der Waals surface area (Å²) in [6.07, 6.45) is 6.74. The average Bonchev–Trinajstić information content (AvgIpc) is 2.57. The van der Waals surface area contributed by atoms with Crippen LogP contribution in [0.4, 0.5) is 0 Å². The van der Waals surface area contributed by atoms with Crippen molar-refractivity contribution in [2.24, 2.45) is 16.8 Å². The van der Waals surface area contributed by atoms with E-state index in [9.17, 15) is 4.79 Å². The van der Waals surface area contributed by atoms with Gasteiger partial charge in [0, 0.05) is 0 Å². The monoisotopic (exact) mass is 349 g/mol. The fraction of sp³-hybridized carbons (Fsp3) is 0.471. The summed E-state index contributed by atoms with van der Waals surface area (Å²) in [5, 5.41) is 3.99. The molecule has 0 atom stereocenters. The summed E-state index contributed by atoms with van der Waals surface area (Å²) in [5.41, 5.74) is 8.57. The minimum Gasteiger partial charge on any atom is -0.490 e. The first-order valence-corrected chi connectivity index (χ1v) is 8.58. The molecule has 130 valence electrons. The molecule has 0 aromatic heterocycles. The number of thiocarbonyl (C=S) groups is 1. The molecule has 1 aromatic carbocycles. The van der Waals surface area contributed by atoms with Gasteiger partial charge < -0.3 is 15.2 Å². The van der Waals surface area contributed by atoms with Crippen LogP contribution in [0.5, 0.6) is 11.5 Å². The molecule has 6 nitrogen and oxygen atoms in total. The third-order valence-electron chi connectivity index (χ3n) is 3.81. The summed E-state index contributed by atoms with van der Waals surface area (Å²) in [6.45, 7) is 2.35. The van der Waals surface area contributed by atoms with E-state index in [-0.39, 0.29) is 17.0 Å². The average molecular weight is 349 g/mol. The SMILES string of the molecule is CCOc1cc(C=NNC(N)=S)ccc1OC(=O)C1CCCCC1. The van der Waals surface area contributed by atoms with Crippen LogP contribution >= 0.6 is 12.2 Å². The highest BCUT2D eigenvalue weighted by Crippen LogP contribution is 2.31. The van der Waals surface area contributed by atoms with Crippen molar-refractivity contribution in [3.05, 3.63) is 23.8 Å². The minimum atomic E-state index is -0.174. The van der Waals surface area contributed by atoms with Crippen LogP contribution in [0.2, 0.25) is 0 Å². The number of carbonyl (C=O) groups is 1. The summed E-state index contributed by atoms with van der Waals surface area (Å²) in [7, 11) is 0. The van der Waals surface area contributed by atoms with Gasteiger partial charge in [0.15, 0.2) is 16.6 Å². The second-order valence-corrected chi connectivity index (χ2v) is 6.07. The van der Waals surface area contributed by atoms with E-state index in [0.29, 0.717) is 18.1 Å². The predicted octanol–water partition coefficient (Wildman–Crippen LogP) is 2.74. The van der Waals surface area contributed by atoms with Crippen LogP contribution in [0.25, 0.3) is 0 Å². The van der Waals surface area contributed by atoms with Gasteiger partial charge in [0.05, 0.1) is 18.7 Å². The van der Waals surface area contributed by atoms with Crippen molar-refractivity contribution in [2.75, 3.05) is 6.61 Å². The van der Waals surface area contributed by atoms with Gasteiger partial charge in [-0.2, -0.15) is 5.10 Å². The van der Waals surface area contributed by atoms with E-state index >= 15 is 0 Å². The van der Waals surface area contributed by atoms with Crippen LogP contribution < -0.4 is 20.6 Å². The largest absolute Gasteiger partial charge is 0.490 e.